The molecule has 20 heavy (non-hydrogen) atoms. The lowest BCUT2D eigenvalue weighted by molar-refractivity contribution is -0.116. The van der Waals surface area contributed by atoms with Crippen molar-refractivity contribution in [3.8, 4) is 0 Å². The highest BCUT2D eigenvalue weighted by molar-refractivity contribution is 5.91. The van der Waals surface area contributed by atoms with Gasteiger partial charge in [0.2, 0.25) is 5.91 Å². The Morgan fingerprint density at radius 3 is 2.30 bits per heavy atom. The van der Waals surface area contributed by atoms with Gasteiger partial charge in [-0.3, -0.25) is 4.79 Å². The van der Waals surface area contributed by atoms with Gasteiger partial charge in [-0.05, 0) is 22.8 Å². The predicted octanol–water partition coefficient (Wildman–Crippen LogP) is 2.51. The Kier molecular flexibility index (Phi) is 5.09. The molecule has 102 valence electrons. The molecule has 0 saturated carbocycles. The quantitative estimate of drug-likeness (QED) is 0.818. The molecule has 0 saturated heterocycles. The standard InChI is InChI=1S/C17H17NO2/c19-13-16-8-6-15(7-9-16)12-18-17(20)11-10-14-4-2-1-3-5-14/h1-11,19H,12-13H2,(H,18,20)/b11-10+. The number of aliphatic hydroxyl groups is 1. The van der Waals surface area contributed by atoms with Gasteiger partial charge in [-0.25, -0.2) is 0 Å². The fraction of sp³-hybridized carbons (Fsp3) is 0.118. The second kappa shape index (κ2) is 7.26. The van der Waals surface area contributed by atoms with Gasteiger partial charge in [-0.2, -0.15) is 0 Å². The van der Waals surface area contributed by atoms with Crippen LogP contribution in [0.2, 0.25) is 0 Å². The minimum Gasteiger partial charge on any atom is -0.392 e. The summed E-state index contributed by atoms with van der Waals surface area (Å²) in [6.45, 7) is 0.510. The molecular formula is C17H17NO2. The van der Waals surface area contributed by atoms with Crippen molar-refractivity contribution in [3.63, 3.8) is 0 Å². The minimum absolute atomic E-state index is 0.0342. The first-order chi connectivity index (χ1) is 9.78. The van der Waals surface area contributed by atoms with Crippen LogP contribution in [0.25, 0.3) is 6.08 Å². The van der Waals surface area contributed by atoms with Crippen LogP contribution in [0.1, 0.15) is 16.7 Å². The van der Waals surface area contributed by atoms with E-state index >= 15 is 0 Å². The van der Waals surface area contributed by atoms with Crippen molar-refractivity contribution in [2.75, 3.05) is 0 Å². The molecule has 3 heteroatoms. The predicted molar refractivity (Wildman–Crippen MR) is 79.7 cm³/mol. The lowest BCUT2D eigenvalue weighted by atomic mass is 10.1. The Morgan fingerprint density at radius 1 is 1.00 bits per heavy atom. The Hall–Kier alpha value is -2.39. The van der Waals surface area contributed by atoms with E-state index in [-0.39, 0.29) is 12.5 Å². The number of nitrogens with one attached hydrogen (secondary N) is 1. The number of carbonyl (C=O) groups excluding carboxylic acids is 1. The first-order valence-corrected chi connectivity index (χ1v) is 6.47. The smallest absolute Gasteiger partial charge is 0.244 e. The van der Waals surface area contributed by atoms with E-state index in [0.717, 1.165) is 16.7 Å². The van der Waals surface area contributed by atoms with Crippen LogP contribution in [0.3, 0.4) is 0 Å². The lowest BCUT2D eigenvalue weighted by Crippen LogP contribution is -2.20. The molecule has 0 spiro atoms. The normalized spacial score (nSPS) is 10.7. The summed E-state index contributed by atoms with van der Waals surface area (Å²) < 4.78 is 0. The maximum atomic E-state index is 11.7. The highest BCUT2D eigenvalue weighted by atomic mass is 16.3. The van der Waals surface area contributed by atoms with Gasteiger partial charge in [0.1, 0.15) is 0 Å². The highest BCUT2D eigenvalue weighted by Crippen LogP contribution is 2.04. The number of aliphatic hydroxyl groups excluding tert-OH is 1. The molecule has 0 aliphatic rings. The molecule has 0 bridgehead atoms. The second-order valence-corrected chi connectivity index (χ2v) is 4.44. The molecule has 2 aromatic carbocycles. The molecule has 0 radical (unpaired) electrons. The van der Waals surface area contributed by atoms with E-state index in [0.29, 0.717) is 6.54 Å². The van der Waals surface area contributed by atoms with Gasteiger partial charge in [0, 0.05) is 12.6 Å². The number of amides is 1. The molecule has 0 aromatic heterocycles. The van der Waals surface area contributed by atoms with Gasteiger partial charge in [-0.1, -0.05) is 54.6 Å². The maximum Gasteiger partial charge on any atom is 0.244 e. The van der Waals surface area contributed by atoms with Gasteiger partial charge >= 0.3 is 0 Å². The van der Waals surface area contributed by atoms with E-state index in [1.165, 1.54) is 6.08 Å². The van der Waals surface area contributed by atoms with Gasteiger partial charge < -0.3 is 10.4 Å². The van der Waals surface area contributed by atoms with Gasteiger partial charge in [0.05, 0.1) is 6.61 Å². The molecule has 2 aromatic rings. The van der Waals surface area contributed by atoms with E-state index < -0.39 is 0 Å². The molecule has 0 fully saturated rings. The zero-order chi connectivity index (χ0) is 14.2. The van der Waals surface area contributed by atoms with Crippen LogP contribution in [-0.2, 0) is 17.9 Å². The maximum absolute atomic E-state index is 11.7. The van der Waals surface area contributed by atoms with Crippen LogP contribution in [0.5, 0.6) is 0 Å². The van der Waals surface area contributed by atoms with Crippen molar-refractivity contribution in [1.29, 1.82) is 0 Å². The largest absolute Gasteiger partial charge is 0.392 e. The molecule has 2 rings (SSSR count). The summed E-state index contributed by atoms with van der Waals surface area (Å²) in [5, 5.41) is 11.8. The minimum atomic E-state index is -0.125. The average molecular weight is 267 g/mol. The van der Waals surface area contributed by atoms with Gasteiger partial charge in [0.25, 0.3) is 0 Å². The second-order valence-electron chi connectivity index (χ2n) is 4.44. The SMILES string of the molecule is O=C(/C=C/c1ccccc1)NCc1ccc(CO)cc1. The summed E-state index contributed by atoms with van der Waals surface area (Å²) in [7, 11) is 0. The van der Waals surface area contributed by atoms with Crippen molar-refractivity contribution in [1.82, 2.24) is 5.32 Å². The Balaban J connectivity index is 1.84. The summed E-state index contributed by atoms with van der Waals surface area (Å²) in [6, 6.07) is 17.2. The summed E-state index contributed by atoms with van der Waals surface area (Å²) in [6.07, 6.45) is 3.31. The number of rotatable bonds is 5. The van der Waals surface area contributed by atoms with Crippen molar-refractivity contribution < 1.29 is 9.90 Å². The van der Waals surface area contributed by atoms with Crippen LogP contribution in [0, 0.1) is 0 Å². The van der Waals surface area contributed by atoms with Crippen molar-refractivity contribution >= 4 is 12.0 Å². The Bertz CT molecular complexity index is 574. The third kappa shape index (κ3) is 4.37. The zero-order valence-corrected chi connectivity index (χ0v) is 11.1. The number of hydrogen-bond acceptors (Lipinski definition) is 2. The van der Waals surface area contributed by atoms with Gasteiger partial charge in [0.15, 0.2) is 0 Å². The van der Waals surface area contributed by atoms with Crippen LogP contribution >= 0.6 is 0 Å². The van der Waals surface area contributed by atoms with Crippen LogP contribution in [0.15, 0.2) is 60.7 Å². The van der Waals surface area contributed by atoms with E-state index in [2.05, 4.69) is 5.32 Å². The zero-order valence-electron chi connectivity index (χ0n) is 11.1. The Labute approximate surface area is 118 Å². The molecule has 0 unspecified atom stereocenters. The van der Waals surface area contributed by atoms with Crippen molar-refractivity contribution in [2.45, 2.75) is 13.2 Å². The fourth-order valence-corrected chi connectivity index (χ4v) is 1.75. The van der Waals surface area contributed by atoms with Crippen molar-refractivity contribution in [2.24, 2.45) is 0 Å². The summed E-state index contributed by atoms with van der Waals surface area (Å²) in [5.74, 6) is -0.125. The topological polar surface area (TPSA) is 49.3 Å². The third-order valence-corrected chi connectivity index (χ3v) is 2.90. The molecule has 2 N–H and O–H groups in total. The number of benzene rings is 2. The van der Waals surface area contributed by atoms with E-state index in [9.17, 15) is 4.79 Å². The monoisotopic (exact) mass is 267 g/mol. The fourth-order valence-electron chi connectivity index (χ4n) is 1.75. The Morgan fingerprint density at radius 2 is 1.65 bits per heavy atom. The molecular weight excluding hydrogens is 250 g/mol. The first kappa shape index (κ1) is 14.0. The number of hydrogen-bond donors (Lipinski definition) is 2. The summed E-state index contributed by atoms with van der Waals surface area (Å²) in [4.78, 5) is 11.7. The highest BCUT2D eigenvalue weighted by Gasteiger charge is 1.97. The molecule has 0 aliphatic heterocycles. The molecule has 0 aliphatic carbocycles. The molecule has 3 nitrogen and oxygen atoms in total. The van der Waals surface area contributed by atoms with E-state index in [4.69, 9.17) is 5.11 Å². The van der Waals surface area contributed by atoms with Crippen LogP contribution in [0.4, 0.5) is 0 Å². The van der Waals surface area contributed by atoms with Gasteiger partial charge in [-0.15, -0.1) is 0 Å². The van der Waals surface area contributed by atoms with Crippen LogP contribution in [-0.4, -0.2) is 11.0 Å². The van der Waals surface area contributed by atoms with E-state index in [1.54, 1.807) is 6.08 Å². The average Bonchev–Trinajstić information content (AvgIpc) is 2.52. The molecule has 1 amide bonds. The summed E-state index contributed by atoms with van der Waals surface area (Å²) >= 11 is 0. The first-order valence-electron chi connectivity index (χ1n) is 6.47. The third-order valence-electron chi connectivity index (χ3n) is 2.90. The lowest BCUT2D eigenvalue weighted by Gasteiger charge is -2.03. The molecule has 0 atom stereocenters. The summed E-state index contributed by atoms with van der Waals surface area (Å²) in [5.41, 5.74) is 2.86. The molecule has 0 heterocycles. The van der Waals surface area contributed by atoms with Crippen LogP contribution < -0.4 is 5.32 Å². The van der Waals surface area contributed by atoms with Crippen molar-refractivity contribution in [3.05, 3.63) is 77.4 Å². The van der Waals surface area contributed by atoms with E-state index in [1.807, 2.05) is 54.6 Å². The number of carbonyl (C=O) groups is 1.